The number of hydrogen-bond donors (Lipinski definition) is 1. The van der Waals surface area contributed by atoms with Crippen molar-refractivity contribution in [2.45, 2.75) is 54.8 Å². The van der Waals surface area contributed by atoms with Crippen LogP contribution in [0.3, 0.4) is 0 Å². The summed E-state index contributed by atoms with van der Waals surface area (Å²) in [6, 6.07) is 15.9. The molecule has 0 bridgehead atoms. The number of aliphatic hydroxyl groups is 1. The van der Waals surface area contributed by atoms with Crippen LogP contribution in [-0.2, 0) is 23.1 Å². The normalized spacial score (nSPS) is 13.7. The van der Waals surface area contributed by atoms with E-state index in [-0.39, 0.29) is 69.5 Å². The molecule has 0 aliphatic rings. The first-order chi connectivity index (χ1) is 20.4. The average molecular weight is 712 g/mol. The van der Waals surface area contributed by atoms with Crippen LogP contribution < -0.4 is 0 Å². The zero-order valence-corrected chi connectivity index (χ0v) is 28.0. The van der Waals surface area contributed by atoms with Gasteiger partial charge in [-0.15, -0.1) is 11.6 Å². The molecular weight excluding hydrogens is 680 g/mol. The van der Waals surface area contributed by atoms with E-state index >= 15 is 0 Å². The molecule has 0 saturated carbocycles. The molecule has 0 spiro atoms. The van der Waals surface area contributed by atoms with E-state index in [1.54, 1.807) is 29.2 Å². The lowest BCUT2D eigenvalue weighted by atomic mass is 10.1. The van der Waals surface area contributed by atoms with Gasteiger partial charge in [-0.2, -0.15) is 17.5 Å². The van der Waals surface area contributed by atoms with Crippen molar-refractivity contribution in [2.24, 2.45) is 5.92 Å². The molecule has 0 aromatic heterocycles. The van der Waals surface area contributed by atoms with Crippen molar-refractivity contribution >= 4 is 62.5 Å². The van der Waals surface area contributed by atoms with E-state index in [0.717, 1.165) is 4.31 Å². The maximum absolute atomic E-state index is 13.7. The van der Waals surface area contributed by atoms with Crippen LogP contribution in [0.15, 0.2) is 76.5 Å². The van der Waals surface area contributed by atoms with E-state index in [1.807, 2.05) is 13.8 Å². The van der Waals surface area contributed by atoms with Crippen molar-refractivity contribution < 1.29 is 31.5 Å². The third kappa shape index (κ3) is 10.8. The Morgan fingerprint density at radius 2 is 1.57 bits per heavy atom. The molecule has 0 radical (unpaired) electrons. The molecule has 14 heteroatoms. The molecule has 0 fully saturated rings. The van der Waals surface area contributed by atoms with Crippen LogP contribution in [0.4, 0.5) is 13.2 Å². The van der Waals surface area contributed by atoms with Gasteiger partial charge in [0.1, 0.15) is 0 Å². The average Bonchev–Trinajstić information content (AvgIpc) is 2.91. The first-order valence-electron chi connectivity index (χ1n) is 13.4. The van der Waals surface area contributed by atoms with E-state index in [0.29, 0.717) is 22.7 Å². The molecule has 6 nitrogen and oxygen atoms in total. The predicted octanol–water partition coefficient (Wildman–Crippen LogP) is 8.08. The van der Waals surface area contributed by atoms with Crippen LogP contribution in [0.25, 0.3) is 0 Å². The lowest BCUT2D eigenvalue weighted by Gasteiger charge is -2.30. The topological polar surface area (TPSA) is 77.9 Å². The Labute approximate surface area is 275 Å². The van der Waals surface area contributed by atoms with Crippen LogP contribution in [0.2, 0.25) is 10.0 Å². The third-order valence-corrected chi connectivity index (χ3v) is 9.75. The van der Waals surface area contributed by atoms with Gasteiger partial charge in [-0.05, 0) is 90.3 Å². The van der Waals surface area contributed by atoms with Crippen molar-refractivity contribution in [1.82, 2.24) is 9.21 Å². The Kier molecular flexibility index (Phi) is 12.5. The summed E-state index contributed by atoms with van der Waals surface area (Å²) < 4.78 is 66.6. The second-order valence-corrected chi connectivity index (χ2v) is 15.2. The highest BCUT2D eigenvalue weighted by molar-refractivity contribution is 8.00. The van der Waals surface area contributed by atoms with Crippen molar-refractivity contribution in [1.29, 1.82) is 0 Å². The summed E-state index contributed by atoms with van der Waals surface area (Å²) >= 11 is 18.2. The Morgan fingerprint density at radius 3 is 2.11 bits per heavy atom. The number of amides is 1. The number of nitrogens with zero attached hydrogens (tertiary/aromatic N) is 2. The minimum absolute atomic E-state index is 0.0330. The molecule has 0 saturated heterocycles. The highest BCUT2D eigenvalue weighted by Gasteiger charge is 2.33. The molecule has 1 N–H and O–H groups in total. The quantitative estimate of drug-likeness (QED) is 0.143. The van der Waals surface area contributed by atoms with Crippen LogP contribution in [0.5, 0.6) is 0 Å². The number of carbonyl (C=O) groups is 1. The van der Waals surface area contributed by atoms with Crippen molar-refractivity contribution in [3.63, 3.8) is 0 Å². The van der Waals surface area contributed by atoms with Gasteiger partial charge in [-0.3, -0.25) is 4.79 Å². The summed E-state index contributed by atoms with van der Waals surface area (Å²) in [5.41, 5.74) is -4.67. The van der Waals surface area contributed by atoms with Gasteiger partial charge in [-0.25, -0.2) is 8.42 Å². The van der Waals surface area contributed by atoms with Crippen LogP contribution >= 0.6 is 46.6 Å². The van der Waals surface area contributed by atoms with Crippen LogP contribution in [0, 0.1) is 5.92 Å². The maximum atomic E-state index is 13.7. The fraction of sp³-hybridized carbons (Fsp3) is 0.367. The van der Waals surface area contributed by atoms with E-state index in [4.69, 9.17) is 34.8 Å². The Hall–Kier alpha value is -1.99. The lowest BCUT2D eigenvalue weighted by molar-refractivity contribution is -0.0328. The zero-order valence-electron chi connectivity index (χ0n) is 24.1. The van der Waals surface area contributed by atoms with Gasteiger partial charge in [0.15, 0.2) is 0 Å². The van der Waals surface area contributed by atoms with Crippen molar-refractivity contribution in [2.75, 3.05) is 19.0 Å². The van der Waals surface area contributed by atoms with E-state index < -0.39 is 21.1 Å². The summed E-state index contributed by atoms with van der Waals surface area (Å²) in [7, 11) is -4.14. The minimum atomic E-state index is -4.44. The molecular formula is C30H32Cl3F3N2O4S2. The second kappa shape index (κ2) is 15.1. The lowest BCUT2D eigenvalue weighted by Crippen LogP contribution is -2.44. The Balaban J connectivity index is 1.93. The number of carbonyl (C=O) groups excluding carboxylic acids is 1. The number of halogens is 6. The van der Waals surface area contributed by atoms with Crippen LogP contribution in [0.1, 0.15) is 42.3 Å². The largest absolute Gasteiger partial charge is 0.446 e. The number of benzene rings is 3. The summed E-state index contributed by atoms with van der Waals surface area (Å²) in [5.74, 6) is -0.543. The first-order valence-corrected chi connectivity index (χ1v) is 16.9. The summed E-state index contributed by atoms with van der Waals surface area (Å²) in [6.07, 6.45) is 0. The minimum Gasteiger partial charge on any atom is -0.388 e. The highest BCUT2D eigenvalue weighted by atomic mass is 35.5. The summed E-state index contributed by atoms with van der Waals surface area (Å²) in [6.45, 7) is 5.22. The number of rotatable bonds is 13. The maximum Gasteiger partial charge on any atom is 0.446 e. The van der Waals surface area contributed by atoms with Gasteiger partial charge in [0.2, 0.25) is 10.0 Å². The molecule has 3 rings (SSSR count). The molecule has 3 aromatic rings. The standard InChI is InChI=1S/C30H32Cl3F3N2O4S2/c1-20(2)15-37(28(39)23-7-9-26(10-8-23)43-30(34,35)36)16-21-11-22(13-25(33)12-21)17-38(19-29(3,40)18-31)44(41,42)27-6-4-5-24(32)14-27/h4-14,20,40H,15-19H2,1-3H3. The van der Waals surface area contributed by atoms with Crippen molar-refractivity contribution in [3.8, 4) is 0 Å². The highest BCUT2D eigenvalue weighted by Crippen LogP contribution is 2.37. The zero-order chi connectivity index (χ0) is 32.9. The smallest absolute Gasteiger partial charge is 0.388 e. The number of hydrogen-bond acceptors (Lipinski definition) is 5. The van der Waals surface area contributed by atoms with E-state index in [1.165, 1.54) is 49.4 Å². The summed E-state index contributed by atoms with van der Waals surface area (Å²) in [5, 5.41) is 11.2. The van der Waals surface area contributed by atoms with Gasteiger partial charge in [0.25, 0.3) is 5.91 Å². The molecule has 240 valence electrons. The van der Waals surface area contributed by atoms with E-state index in [9.17, 15) is 31.5 Å². The monoisotopic (exact) mass is 710 g/mol. The SMILES string of the molecule is CC(C)CN(Cc1cc(Cl)cc(CN(CC(C)(O)CCl)S(=O)(=O)c2cccc(Cl)c2)c1)C(=O)c1ccc(SC(F)(F)F)cc1. The molecule has 0 aliphatic heterocycles. The van der Waals surface area contributed by atoms with Gasteiger partial charge in [0, 0.05) is 46.7 Å². The molecule has 1 amide bonds. The molecule has 3 aromatic carbocycles. The van der Waals surface area contributed by atoms with Gasteiger partial charge in [-0.1, -0.05) is 49.2 Å². The van der Waals surface area contributed by atoms with Crippen LogP contribution in [-0.4, -0.2) is 58.7 Å². The van der Waals surface area contributed by atoms with Crippen molar-refractivity contribution in [3.05, 3.63) is 93.5 Å². The number of alkyl halides is 4. The molecule has 0 heterocycles. The molecule has 44 heavy (non-hydrogen) atoms. The fourth-order valence-electron chi connectivity index (χ4n) is 4.39. The fourth-order valence-corrected chi connectivity index (χ4v) is 7.14. The third-order valence-electron chi connectivity index (χ3n) is 6.20. The van der Waals surface area contributed by atoms with E-state index in [2.05, 4.69) is 0 Å². The number of thioether (sulfide) groups is 1. The molecule has 1 atom stereocenters. The number of sulfonamides is 1. The van der Waals surface area contributed by atoms with Gasteiger partial charge < -0.3 is 10.0 Å². The summed E-state index contributed by atoms with van der Waals surface area (Å²) in [4.78, 5) is 14.9. The van der Waals surface area contributed by atoms with Gasteiger partial charge in [0.05, 0.1) is 16.4 Å². The Bertz CT molecular complexity index is 1550. The first kappa shape index (κ1) is 36.5. The molecule has 1 unspecified atom stereocenters. The van der Waals surface area contributed by atoms with Gasteiger partial charge >= 0.3 is 5.51 Å². The second-order valence-electron chi connectivity index (χ2n) is 11.0. The predicted molar refractivity (Wildman–Crippen MR) is 170 cm³/mol. The molecule has 0 aliphatic carbocycles. The Morgan fingerprint density at radius 1 is 0.955 bits per heavy atom.